The van der Waals surface area contributed by atoms with Crippen molar-refractivity contribution < 1.29 is 9.59 Å². The maximum atomic E-state index is 10.1. The fourth-order valence-corrected chi connectivity index (χ4v) is 1.22. The Morgan fingerprint density at radius 3 is 2.00 bits per heavy atom. The molecular formula is C9H14N2O2. The molecule has 0 aromatic heterocycles. The van der Waals surface area contributed by atoms with Crippen LogP contribution in [0.5, 0.6) is 0 Å². The molecule has 0 aliphatic rings. The second kappa shape index (κ2) is 7.41. The van der Waals surface area contributed by atoms with Crippen molar-refractivity contribution in [2.45, 2.75) is 45.2 Å². The molecule has 2 atom stereocenters. The van der Waals surface area contributed by atoms with Crippen LogP contribution in [-0.4, -0.2) is 24.2 Å². The van der Waals surface area contributed by atoms with Crippen LogP contribution >= 0.6 is 0 Å². The maximum Gasteiger partial charge on any atom is 0.235 e. The normalized spacial score (nSPS) is 13.7. The van der Waals surface area contributed by atoms with E-state index in [4.69, 9.17) is 0 Å². The van der Waals surface area contributed by atoms with Gasteiger partial charge in [0.25, 0.3) is 0 Å². The lowest BCUT2D eigenvalue weighted by atomic mass is 10.0. The highest BCUT2D eigenvalue weighted by Crippen LogP contribution is 2.12. The van der Waals surface area contributed by atoms with Crippen LogP contribution in [0.1, 0.15) is 33.1 Å². The van der Waals surface area contributed by atoms with Gasteiger partial charge in [-0.15, -0.1) is 0 Å². The Hall–Kier alpha value is -1.24. The number of hydrogen-bond donors (Lipinski definition) is 0. The van der Waals surface area contributed by atoms with Crippen LogP contribution in [0.25, 0.3) is 0 Å². The highest BCUT2D eigenvalue weighted by molar-refractivity contribution is 5.36. The van der Waals surface area contributed by atoms with E-state index >= 15 is 0 Å². The van der Waals surface area contributed by atoms with Gasteiger partial charge in [-0.1, -0.05) is 20.3 Å². The molecule has 0 aliphatic carbocycles. The van der Waals surface area contributed by atoms with Gasteiger partial charge in [-0.2, -0.15) is 0 Å². The molecule has 0 radical (unpaired) electrons. The zero-order valence-corrected chi connectivity index (χ0v) is 7.99. The fraction of sp³-hybridized carbons (Fsp3) is 0.778. The molecule has 0 saturated carbocycles. The summed E-state index contributed by atoms with van der Waals surface area (Å²) in [5.41, 5.74) is 0. The monoisotopic (exact) mass is 182 g/mol. The molecule has 13 heavy (non-hydrogen) atoms. The molecule has 0 amide bonds. The van der Waals surface area contributed by atoms with Gasteiger partial charge in [-0.3, -0.25) is 0 Å². The Morgan fingerprint density at radius 2 is 1.62 bits per heavy atom. The van der Waals surface area contributed by atoms with E-state index in [1.54, 1.807) is 0 Å². The molecule has 0 saturated heterocycles. The molecular weight excluding hydrogens is 168 g/mol. The predicted octanol–water partition coefficient (Wildman–Crippen LogP) is 1.61. The molecule has 0 aromatic carbocycles. The average Bonchev–Trinajstić information content (AvgIpc) is 2.14. The van der Waals surface area contributed by atoms with Crippen LogP contribution in [0.4, 0.5) is 0 Å². The topological polar surface area (TPSA) is 58.9 Å². The first-order valence-corrected chi connectivity index (χ1v) is 4.44. The van der Waals surface area contributed by atoms with Gasteiger partial charge in [0.05, 0.1) is 12.1 Å². The standard InChI is InChI=1S/C9H14N2O2/c1-3-5-9(11-7-13)8(4-2)10-6-12/h8-9H,3-5H2,1-2H3. The van der Waals surface area contributed by atoms with Gasteiger partial charge < -0.3 is 0 Å². The molecule has 0 fully saturated rings. The smallest absolute Gasteiger partial charge is 0.211 e. The molecule has 0 aromatic rings. The summed E-state index contributed by atoms with van der Waals surface area (Å²) in [6.07, 6.45) is 5.35. The Balaban J connectivity index is 4.45. The quantitative estimate of drug-likeness (QED) is 0.462. The third-order valence-corrected chi connectivity index (χ3v) is 1.88. The molecule has 0 aliphatic heterocycles. The van der Waals surface area contributed by atoms with Crippen molar-refractivity contribution in [3.05, 3.63) is 0 Å². The van der Waals surface area contributed by atoms with E-state index in [1.165, 1.54) is 12.2 Å². The molecule has 0 rings (SSSR count). The number of hydrogen-bond acceptors (Lipinski definition) is 4. The van der Waals surface area contributed by atoms with Crippen molar-refractivity contribution in [1.29, 1.82) is 0 Å². The minimum atomic E-state index is -0.223. The second-order valence-corrected chi connectivity index (χ2v) is 2.77. The summed E-state index contributed by atoms with van der Waals surface area (Å²) in [6.45, 7) is 3.89. The number of aliphatic imine (C=N–C) groups is 2. The van der Waals surface area contributed by atoms with Gasteiger partial charge in [0.15, 0.2) is 0 Å². The van der Waals surface area contributed by atoms with Crippen LogP contribution in [0, 0.1) is 0 Å². The highest BCUT2D eigenvalue weighted by Gasteiger charge is 2.17. The van der Waals surface area contributed by atoms with Gasteiger partial charge in [0, 0.05) is 0 Å². The van der Waals surface area contributed by atoms with Crippen molar-refractivity contribution in [1.82, 2.24) is 0 Å². The van der Waals surface area contributed by atoms with E-state index < -0.39 is 0 Å². The predicted molar refractivity (Wildman–Crippen MR) is 49.0 cm³/mol. The summed E-state index contributed by atoms with van der Waals surface area (Å²) in [5, 5.41) is 0. The third-order valence-electron chi connectivity index (χ3n) is 1.88. The van der Waals surface area contributed by atoms with Crippen molar-refractivity contribution >= 4 is 12.2 Å². The molecule has 4 nitrogen and oxygen atoms in total. The summed E-state index contributed by atoms with van der Waals surface area (Å²) >= 11 is 0. The van der Waals surface area contributed by atoms with Crippen LogP contribution in [0.2, 0.25) is 0 Å². The number of isocyanates is 2. The number of rotatable bonds is 6. The third kappa shape index (κ3) is 4.36. The minimum absolute atomic E-state index is 0.214. The lowest BCUT2D eigenvalue weighted by Crippen LogP contribution is -2.21. The first-order valence-electron chi connectivity index (χ1n) is 4.44. The van der Waals surface area contributed by atoms with E-state index in [1.807, 2.05) is 13.8 Å². The highest BCUT2D eigenvalue weighted by atomic mass is 16.1. The van der Waals surface area contributed by atoms with Gasteiger partial charge in [-0.05, 0) is 12.8 Å². The Bertz CT molecular complexity index is 228. The summed E-state index contributed by atoms with van der Waals surface area (Å²) in [6, 6.07) is -0.437. The minimum Gasteiger partial charge on any atom is -0.211 e. The fourth-order valence-electron chi connectivity index (χ4n) is 1.22. The van der Waals surface area contributed by atoms with Gasteiger partial charge in [0.2, 0.25) is 12.2 Å². The van der Waals surface area contributed by atoms with E-state index in [9.17, 15) is 9.59 Å². The largest absolute Gasteiger partial charge is 0.235 e. The Kier molecular flexibility index (Phi) is 6.70. The lowest BCUT2D eigenvalue weighted by molar-refractivity contribution is 0.470. The first kappa shape index (κ1) is 11.8. The van der Waals surface area contributed by atoms with Crippen LogP contribution < -0.4 is 0 Å². The van der Waals surface area contributed by atoms with Crippen molar-refractivity contribution in [2.75, 3.05) is 0 Å². The van der Waals surface area contributed by atoms with Gasteiger partial charge >= 0.3 is 0 Å². The molecule has 0 bridgehead atoms. The zero-order chi connectivity index (χ0) is 10.1. The average molecular weight is 182 g/mol. The number of carbonyl (C=O) groups excluding carboxylic acids is 2. The summed E-state index contributed by atoms with van der Waals surface area (Å²) in [7, 11) is 0. The Labute approximate surface area is 77.8 Å². The van der Waals surface area contributed by atoms with Crippen molar-refractivity contribution in [3.63, 3.8) is 0 Å². The summed E-state index contributed by atoms with van der Waals surface area (Å²) in [4.78, 5) is 27.4. The molecule has 2 unspecified atom stereocenters. The maximum absolute atomic E-state index is 10.1. The van der Waals surface area contributed by atoms with Gasteiger partial charge in [0.1, 0.15) is 0 Å². The second-order valence-electron chi connectivity index (χ2n) is 2.77. The first-order chi connectivity index (χ1) is 6.29. The van der Waals surface area contributed by atoms with Crippen LogP contribution in [0.15, 0.2) is 9.98 Å². The van der Waals surface area contributed by atoms with E-state index in [-0.39, 0.29) is 12.1 Å². The van der Waals surface area contributed by atoms with Crippen molar-refractivity contribution in [2.24, 2.45) is 9.98 Å². The zero-order valence-electron chi connectivity index (χ0n) is 7.99. The van der Waals surface area contributed by atoms with Crippen molar-refractivity contribution in [3.8, 4) is 0 Å². The van der Waals surface area contributed by atoms with Gasteiger partial charge in [-0.25, -0.2) is 19.6 Å². The van der Waals surface area contributed by atoms with E-state index in [0.29, 0.717) is 6.42 Å². The van der Waals surface area contributed by atoms with Crippen LogP contribution in [0.3, 0.4) is 0 Å². The van der Waals surface area contributed by atoms with Crippen LogP contribution in [-0.2, 0) is 9.59 Å². The lowest BCUT2D eigenvalue weighted by Gasteiger charge is -2.14. The summed E-state index contributed by atoms with van der Waals surface area (Å²) in [5.74, 6) is 0. The molecule has 0 N–H and O–H groups in total. The summed E-state index contributed by atoms with van der Waals surface area (Å²) < 4.78 is 0. The molecule has 0 spiro atoms. The van der Waals surface area contributed by atoms with E-state index in [2.05, 4.69) is 9.98 Å². The molecule has 4 heteroatoms. The van der Waals surface area contributed by atoms with E-state index in [0.717, 1.165) is 12.8 Å². The SMILES string of the molecule is CCCC(N=C=O)C(CC)N=C=O. The number of nitrogens with zero attached hydrogens (tertiary/aromatic N) is 2. The molecule has 72 valence electrons. The Morgan fingerprint density at radius 1 is 1.08 bits per heavy atom. The molecule has 0 heterocycles.